The molecule has 0 radical (unpaired) electrons. The molecule has 7 nitrogen and oxygen atoms in total. The van der Waals surface area contributed by atoms with Crippen molar-refractivity contribution in [2.45, 2.75) is 6.92 Å². The van der Waals surface area contributed by atoms with Gasteiger partial charge in [-0.2, -0.15) is 0 Å². The zero-order valence-electron chi connectivity index (χ0n) is 16.0. The van der Waals surface area contributed by atoms with Crippen molar-refractivity contribution in [3.8, 4) is 28.5 Å². The number of anilines is 2. The van der Waals surface area contributed by atoms with Crippen LogP contribution in [0.25, 0.3) is 11.3 Å². The van der Waals surface area contributed by atoms with E-state index in [0.717, 1.165) is 16.3 Å². The summed E-state index contributed by atoms with van der Waals surface area (Å²) in [5.41, 5.74) is 2.85. The molecule has 8 heteroatoms. The van der Waals surface area contributed by atoms with Crippen LogP contribution in [0.15, 0.2) is 41.8 Å². The quantitative estimate of drug-likeness (QED) is 0.623. The van der Waals surface area contributed by atoms with E-state index in [1.165, 1.54) is 21.3 Å². The van der Waals surface area contributed by atoms with Crippen LogP contribution in [0.1, 0.15) is 5.01 Å². The Morgan fingerprint density at radius 1 is 1.00 bits per heavy atom. The Morgan fingerprint density at radius 2 is 1.68 bits per heavy atom. The highest BCUT2D eigenvalue weighted by Gasteiger charge is 2.15. The molecule has 0 atom stereocenters. The molecule has 0 bridgehead atoms. The molecule has 0 fully saturated rings. The maximum atomic E-state index is 12.6. The number of aromatic nitrogens is 1. The number of nitrogens with zero attached hydrogens (tertiary/aromatic N) is 1. The van der Waals surface area contributed by atoms with Crippen molar-refractivity contribution in [3.05, 3.63) is 46.8 Å². The van der Waals surface area contributed by atoms with Gasteiger partial charge in [0.1, 0.15) is 0 Å². The molecule has 3 aromatic rings. The van der Waals surface area contributed by atoms with E-state index in [1.807, 2.05) is 36.6 Å². The lowest BCUT2D eigenvalue weighted by Gasteiger charge is -2.15. The summed E-state index contributed by atoms with van der Waals surface area (Å²) in [5, 5.41) is 8.59. The summed E-state index contributed by atoms with van der Waals surface area (Å²) in [6.07, 6.45) is 0. The summed E-state index contributed by atoms with van der Waals surface area (Å²) in [5.74, 6) is 1.37. The fourth-order valence-electron chi connectivity index (χ4n) is 2.74. The summed E-state index contributed by atoms with van der Waals surface area (Å²) >= 11 is 1.56. The molecule has 2 amide bonds. The van der Waals surface area contributed by atoms with Gasteiger partial charge in [-0.3, -0.25) is 0 Å². The largest absolute Gasteiger partial charge is 0.493 e. The highest BCUT2D eigenvalue weighted by Crippen LogP contribution is 2.40. The second kappa shape index (κ2) is 8.62. The predicted octanol–water partition coefficient (Wildman–Crippen LogP) is 4.79. The van der Waals surface area contributed by atoms with E-state index in [9.17, 15) is 4.79 Å². The van der Waals surface area contributed by atoms with Gasteiger partial charge in [0.25, 0.3) is 0 Å². The van der Waals surface area contributed by atoms with Crippen LogP contribution >= 0.6 is 11.3 Å². The van der Waals surface area contributed by atoms with Crippen molar-refractivity contribution in [3.63, 3.8) is 0 Å². The number of aryl methyl sites for hydroxylation is 1. The summed E-state index contributed by atoms with van der Waals surface area (Å²) in [6, 6.07) is 10.5. The zero-order valence-corrected chi connectivity index (χ0v) is 16.8. The Balaban J connectivity index is 1.82. The number of rotatable bonds is 6. The third-order valence-corrected chi connectivity index (χ3v) is 4.77. The van der Waals surface area contributed by atoms with E-state index < -0.39 is 6.03 Å². The molecular weight excluding hydrogens is 378 g/mol. The van der Waals surface area contributed by atoms with Crippen LogP contribution in [0.4, 0.5) is 16.2 Å². The number of amides is 2. The Labute approximate surface area is 167 Å². The summed E-state index contributed by atoms with van der Waals surface area (Å²) in [7, 11) is 4.57. The number of benzene rings is 2. The Kier molecular flexibility index (Phi) is 6.00. The molecule has 0 aliphatic carbocycles. The predicted molar refractivity (Wildman–Crippen MR) is 111 cm³/mol. The number of ether oxygens (including phenoxy) is 3. The normalized spacial score (nSPS) is 10.3. The minimum Gasteiger partial charge on any atom is -0.493 e. The lowest BCUT2D eigenvalue weighted by molar-refractivity contribution is 0.262. The van der Waals surface area contributed by atoms with E-state index in [-0.39, 0.29) is 0 Å². The Hall–Kier alpha value is -3.26. The smallest absolute Gasteiger partial charge is 0.323 e. The van der Waals surface area contributed by atoms with Gasteiger partial charge in [-0.25, -0.2) is 9.78 Å². The lowest BCUT2D eigenvalue weighted by atomic mass is 10.1. The van der Waals surface area contributed by atoms with Crippen LogP contribution in [0.5, 0.6) is 17.2 Å². The molecule has 0 unspecified atom stereocenters. The summed E-state index contributed by atoms with van der Waals surface area (Å²) in [6.45, 7) is 1.95. The average Bonchev–Trinajstić information content (AvgIpc) is 3.13. The molecule has 0 saturated heterocycles. The van der Waals surface area contributed by atoms with Crippen molar-refractivity contribution in [1.29, 1.82) is 0 Å². The Bertz CT molecular complexity index is 962. The van der Waals surface area contributed by atoms with Gasteiger partial charge in [0.05, 0.1) is 43.4 Å². The van der Waals surface area contributed by atoms with E-state index in [4.69, 9.17) is 14.2 Å². The van der Waals surface area contributed by atoms with E-state index in [2.05, 4.69) is 15.6 Å². The molecule has 1 heterocycles. The number of methoxy groups -OCH3 is 3. The minimum atomic E-state index is -0.395. The van der Waals surface area contributed by atoms with Crippen molar-refractivity contribution in [1.82, 2.24) is 4.98 Å². The Morgan fingerprint density at radius 3 is 2.25 bits per heavy atom. The number of nitrogens with one attached hydrogen (secondary N) is 2. The van der Waals surface area contributed by atoms with E-state index >= 15 is 0 Å². The van der Waals surface area contributed by atoms with Crippen LogP contribution < -0.4 is 24.8 Å². The number of hydrogen-bond donors (Lipinski definition) is 2. The van der Waals surface area contributed by atoms with Gasteiger partial charge in [-0.05, 0) is 13.0 Å². The highest BCUT2D eigenvalue weighted by molar-refractivity contribution is 7.09. The van der Waals surface area contributed by atoms with Gasteiger partial charge in [-0.15, -0.1) is 11.3 Å². The second-order valence-electron chi connectivity index (χ2n) is 5.79. The highest BCUT2D eigenvalue weighted by atomic mass is 32.1. The fourth-order valence-corrected chi connectivity index (χ4v) is 3.35. The first-order chi connectivity index (χ1) is 13.5. The number of carbonyl (C=O) groups excluding carboxylic acids is 1. The van der Waals surface area contributed by atoms with Gasteiger partial charge in [-0.1, -0.05) is 18.2 Å². The number of hydrogen-bond acceptors (Lipinski definition) is 6. The average molecular weight is 399 g/mol. The van der Waals surface area contributed by atoms with Gasteiger partial charge < -0.3 is 24.8 Å². The maximum Gasteiger partial charge on any atom is 0.323 e. The van der Waals surface area contributed by atoms with Gasteiger partial charge in [0.2, 0.25) is 5.75 Å². The maximum absolute atomic E-state index is 12.6. The monoisotopic (exact) mass is 399 g/mol. The molecule has 1 aromatic heterocycles. The molecule has 28 heavy (non-hydrogen) atoms. The fraction of sp³-hybridized carbons (Fsp3) is 0.200. The molecule has 0 aliphatic heterocycles. The van der Waals surface area contributed by atoms with Gasteiger partial charge in [0, 0.05) is 23.1 Å². The number of para-hydroxylation sites is 1. The van der Waals surface area contributed by atoms with Crippen LogP contribution in [-0.2, 0) is 0 Å². The number of carbonyl (C=O) groups is 1. The van der Waals surface area contributed by atoms with Crippen LogP contribution in [-0.4, -0.2) is 32.3 Å². The van der Waals surface area contributed by atoms with E-state index in [1.54, 1.807) is 23.5 Å². The molecule has 0 spiro atoms. The first kappa shape index (κ1) is 19.5. The number of urea groups is 1. The molecule has 0 aliphatic rings. The van der Waals surface area contributed by atoms with Crippen molar-refractivity contribution >= 4 is 28.7 Å². The molecule has 146 valence electrons. The topological polar surface area (TPSA) is 81.7 Å². The zero-order chi connectivity index (χ0) is 20.1. The molecule has 2 aromatic carbocycles. The minimum absolute atomic E-state index is 0.395. The van der Waals surface area contributed by atoms with Crippen molar-refractivity contribution < 1.29 is 19.0 Å². The van der Waals surface area contributed by atoms with Gasteiger partial charge >= 0.3 is 6.03 Å². The summed E-state index contributed by atoms with van der Waals surface area (Å²) in [4.78, 5) is 17.1. The molecule has 0 saturated carbocycles. The first-order valence-electron chi connectivity index (χ1n) is 8.45. The molecule has 2 N–H and O–H groups in total. The van der Waals surface area contributed by atoms with Crippen molar-refractivity contribution in [2.75, 3.05) is 32.0 Å². The van der Waals surface area contributed by atoms with Crippen LogP contribution in [0, 0.1) is 6.92 Å². The molecule has 3 rings (SSSR count). The number of thiazole rings is 1. The lowest BCUT2D eigenvalue weighted by Crippen LogP contribution is -2.20. The van der Waals surface area contributed by atoms with Gasteiger partial charge in [0.15, 0.2) is 11.5 Å². The second-order valence-corrected chi connectivity index (χ2v) is 6.85. The first-order valence-corrected chi connectivity index (χ1v) is 9.33. The SMILES string of the molecule is COc1cc(NC(=O)Nc2ccccc2-c2csc(C)n2)cc(OC)c1OC. The standard InChI is InChI=1S/C20H21N3O4S/c1-12-21-16(11-28-12)14-7-5-6-8-15(14)23-20(24)22-13-9-17(25-2)19(27-4)18(10-13)26-3/h5-11H,1-4H3,(H2,22,23,24). The van der Waals surface area contributed by atoms with Crippen LogP contribution in [0.2, 0.25) is 0 Å². The van der Waals surface area contributed by atoms with E-state index in [0.29, 0.717) is 28.6 Å². The summed E-state index contributed by atoms with van der Waals surface area (Å²) < 4.78 is 15.9. The molecular formula is C20H21N3O4S. The third kappa shape index (κ3) is 4.17. The van der Waals surface area contributed by atoms with Crippen molar-refractivity contribution in [2.24, 2.45) is 0 Å². The third-order valence-electron chi connectivity index (χ3n) is 3.99. The van der Waals surface area contributed by atoms with Crippen LogP contribution in [0.3, 0.4) is 0 Å².